The van der Waals surface area contributed by atoms with E-state index in [1.807, 2.05) is 0 Å². The van der Waals surface area contributed by atoms with Gasteiger partial charge in [-0.25, -0.2) is 0 Å². The van der Waals surface area contributed by atoms with Crippen molar-refractivity contribution in [2.75, 3.05) is 0 Å². The zero-order valence-corrected chi connectivity index (χ0v) is 6.16. The quantitative estimate of drug-likeness (QED) is 0.588. The maximum Gasteiger partial charge on any atom is 0.449 e. The molecule has 0 N–H and O–H groups in total. The molecule has 0 saturated carbocycles. The molecule has 64 valence electrons. The largest absolute Gasteiger partial charge is 0.449 e. The molecule has 0 rings (SSSR count). The highest BCUT2D eigenvalue weighted by molar-refractivity contribution is 5.84. The minimum atomic E-state index is -4.69. The van der Waals surface area contributed by atoms with E-state index in [9.17, 15) is 18.0 Å². The van der Waals surface area contributed by atoms with Gasteiger partial charge in [-0.3, -0.25) is 4.79 Å². The number of allylic oxidation sites excluding steroid dienone is 1. The molecule has 0 radical (unpaired) electrons. The first-order chi connectivity index (χ1) is 4.84. The van der Waals surface area contributed by atoms with Crippen molar-refractivity contribution in [1.82, 2.24) is 0 Å². The van der Waals surface area contributed by atoms with Gasteiger partial charge in [0, 0.05) is 6.42 Å². The third kappa shape index (κ3) is 4.58. The molecule has 0 aliphatic rings. The number of carbonyl (C=O) groups is 1. The first-order valence-corrected chi connectivity index (χ1v) is 3.08. The van der Waals surface area contributed by atoms with Crippen LogP contribution in [0.1, 0.15) is 19.8 Å². The molecule has 0 amide bonds. The predicted octanol–water partition coefficient (Wildman–Crippen LogP) is 2.47. The Bertz CT molecular complexity index is 169. The van der Waals surface area contributed by atoms with Gasteiger partial charge >= 0.3 is 6.18 Å². The summed E-state index contributed by atoms with van der Waals surface area (Å²) in [6, 6.07) is 0. The summed E-state index contributed by atoms with van der Waals surface area (Å²) < 4.78 is 34.6. The van der Waals surface area contributed by atoms with E-state index in [0.717, 1.165) is 0 Å². The van der Waals surface area contributed by atoms with Crippen molar-refractivity contribution in [3.63, 3.8) is 0 Å². The van der Waals surface area contributed by atoms with Gasteiger partial charge in [-0.05, 0) is 13.3 Å². The normalized spacial score (nSPS) is 11.3. The summed E-state index contributed by atoms with van der Waals surface area (Å²) in [5, 5.41) is 0. The molecule has 0 heterocycles. The molecule has 0 aromatic carbocycles. The van der Waals surface area contributed by atoms with Crippen LogP contribution in [0.5, 0.6) is 0 Å². The SMILES string of the molecule is C=C(C)CCC(=O)C(F)(F)F. The second-order valence-corrected chi connectivity index (χ2v) is 2.38. The second-order valence-electron chi connectivity index (χ2n) is 2.38. The Morgan fingerprint density at radius 2 is 1.82 bits per heavy atom. The van der Waals surface area contributed by atoms with Crippen LogP contribution in [0, 0.1) is 0 Å². The maximum atomic E-state index is 11.5. The molecule has 11 heavy (non-hydrogen) atoms. The summed E-state index contributed by atoms with van der Waals surface area (Å²) in [7, 11) is 0. The number of alkyl halides is 3. The van der Waals surface area contributed by atoms with Gasteiger partial charge in [0.05, 0.1) is 0 Å². The highest BCUT2D eigenvalue weighted by Crippen LogP contribution is 2.19. The number of Topliss-reactive ketones (excluding diaryl/α,β-unsaturated/α-hetero) is 1. The molecule has 1 nitrogen and oxygen atoms in total. The number of carbonyl (C=O) groups excluding carboxylic acids is 1. The fraction of sp³-hybridized carbons (Fsp3) is 0.571. The molecule has 0 spiro atoms. The lowest BCUT2D eigenvalue weighted by Crippen LogP contribution is -2.22. The van der Waals surface area contributed by atoms with Crippen LogP contribution < -0.4 is 0 Å². The third-order valence-corrected chi connectivity index (χ3v) is 1.10. The summed E-state index contributed by atoms with van der Waals surface area (Å²) >= 11 is 0. The fourth-order valence-electron chi connectivity index (χ4n) is 0.469. The maximum absolute atomic E-state index is 11.5. The van der Waals surface area contributed by atoms with Gasteiger partial charge in [0.2, 0.25) is 5.78 Å². The average Bonchev–Trinajstić information content (AvgIpc) is 1.80. The molecule has 0 unspecified atom stereocenters. The highest BCUT2D eigenvalue weighted by Gasteiger charge is 2.37. The third-order valence-electron chi connectivity index (χ3n) is 1.10. The number of ketones is 1. The average molecular weight is 166 g/mol. The Morgan fingerprint density at radius 1 is 1.36 bits per heavy atom. The van der Waals surface area contributed by atoms with Gasteiger partial charge in [0.1, 0.15) is 0 Å². The van der Waals surface area contributed by atoms with Crippen molar-refractivity contribution in [3.8, 4) is 0 Å². The van der Waals surface area contributed by atoms with E-state index in [1.54, 1.807) is 6.92 Å². The molecule has 4 heteroatoms. The topological polar surface area (TPSA) is 17.1 Å². The van der Waals surface area contributed by atoms with Crippen molar-refractivity contribution in [1.29, 1.82) is 0 Å². The first kappa shape index (κ1) is 10.2. The van der Waals surface area contributed by atoms with Crippen molar-refractivity contribution in [2.24, 2.45) is 0 Å². The molecule has 0 aromatic rings. The summed E-state index contributed by atoms with van der Waals surface area (Å²) in [4.78, 5) is 10.2. The van der Waals surface area contributed by atoms with Gasteiger partial charge in [-0.15, -0.1) is 6.58 Å². The van der Waals surface area contributed by atoms with Crippen LogP contribution in [0.15, 0.2) is 12.2 Å². The monoisotopic (exact) mass is 166 g/mol. The van der Waals surface area contributed by atoms with Crippen LogP contribution in [-0.2, 0) is 4.79 Å². The molecule has 0 aliphatic heterocycles. The van der Waals surface area contributed by atoms with Gasteiger partial charge in [0.25, 0.3) is 0 Å². The molecular formula is C7H9F3O. The van der Waals surface area contributed by atoms with Crippen LogP contribution in [0.3, 0.4) is 0 Å². The smallest absolute Gasteiger partial charge is 0.290 e. The van der Waals surface area contributed by atoms with Crippen molar-refractivity contribution >= 4 is 5.78 Å². The van der Waals surface area contributed by atoms with Crippen LogP contribution in [0.2, 0.25) is 0 Å². The molecular weight excluding hydrogens is 157 g/mol. The standard InChI is InChI=1S/C7H9F3O/c1-5(2)3-4-6(11)7(8,9)10/h1,3-4H2,2H3. The Hall–Kier alpha value is -0.800. The second kappa shape index (κ2) is 3.55. The molecule has 0 aliphatic carbocycles. The number of hydrogen-bond acceptors (Lipinski definition) is 1. The zero-order chi connectivity index (χ0) is 9.07. The van der Waals surface area contributed by atoms with Crippen LogP contribution in [0.4, 0.5) is 13.2 Å². The van der Waals surface area contributed by atoms with Crippen LogP contribution in [0.25, 0.3) is 0 Å². The van der Waals surface area contributed by atoms with E-state index >= 15 is 0 Å². The van der Waals surface area contributed by atoms with Gasteiger partial charge in [-0.2, -0.15) is 13.2 Å². The highest BCUT2D eigenvalue weighted by atomic mass is 19.4. The van der Waals surface area contributed by atoms with E-state index in [1.165, 1.54) is 0 Å². The van der Waals surface area contributed by atoms with E-state index in [0.29, 0.717) is 5.57 Å². The first-order valence-electron chi connectivity index (χ1n) is 3.08. The molecule has 0 aromatic heterocycles. The molecule has 0 atom stereocenters. The Kier molecular flexibility index (Phi) is 3.29. The summed E-state index contributed by atoms with van der Waals surface area (Å²) in [6.07, 6.45) is -5.06. The molecule has 0 saturated heterocycles. The summed E-state index contributed by atoms with van der Waals surface area (Å²) in [6.45, 7) is 4.98. The number of halogens is 3. The van der Waals surface area contributed by atoms with Crippen molar-refractivity contribution in [3.05, 3.63) is 12.2 Å². The lowest BCUT2D eigenvalue weighted by atomic mass is 10.1. The van der Waals surface area contributed by atoms with Gasteiger partial charge in [-0.1, -0.05) is 5.57 Å². The number of hydrogen-bond donors (Lipinski definition) is 0. The van der Waals surface area contributed by atoms with Crippen molar-refractivity contribution in [2.45, 2.75) is 25.9 Å². The van der Waals surface area contributed by atoms with Gasteiger partial charge < -0.3 is 0 Å². The zero-order valence-electron chi connectivity index (χ0n) is 6.16. The lowest BCUT2D eigenvalue weighted by Gasteiger charge is -2.03. The van der Waals surface area contributed by atoms with Gasteiger partial charge in [0.15, 0.2) is 0 Å². The Labute approximate surface area is 62.9 Å². The lowest BCUT2D eigenvalue weighted by molar-refractivity contribution is -0.170. The fourth-order valence-corrected chi connectivity index (χ4v) is 0.469. The van der Waals surface area contributed by atoms with E-state index < -0.39 is 18.4 Å². The minimum absolute atomic E-state index is 0.109. The van der Waals surface area contributed by atoms with E-state index in [2.05, 4.69) is 6.58 Å². The number of rotatable bonds is 3. The van der Waals surface area contributed by atoms with Crippen LogP contribution >= 0.6 is 0 Å². The van der Waals surface area contributed by atoms with Crippen LogP contribution in [-0.4, -0.2) is 12.0 Å². The molecule has 0 bridgehead atoms. The molecule has 0 fully saturated rings. The van der Waals surface area contributed by atoms with Crippen molar-refractivity contribution < 1.29 is 18.0 Å². The Balaban J connectivity index is 3.80. The van der Waals surface area contributed by atoms with E-state index in [-0.39, 0.29) is 6.42 Å². The predicted molar refractivity (Wildman–Crippen MR) is 35.1 cm³/mol. The minimum Gasteiger partial charge on any atom is -0.290 e. The Morgan fingerprint density at radius 3 is 2.09 bits per heavy atom. The van der Waals surface area contributed by atoms with E-state index in [4.69, 9.17) is 0 Å². The summed E-state index contributed by atoms with van der Waals surface area (Å²) in [5.74, 6) is -1.68. The summed E-state index contributed by atoms with van der Waals surface area (Å²) in [5.41, 5.74) is 0.586.